The number of fused-ring (bicyclic) bond motifs is 1. The number of carbonyl (C=O) groups excluding carboxylic acids is 2. The van der Waals surface area contributed by atoms with Gasteiger partial charge < -0.3 is 15.0 Å². The number of carbonyl (C=O) groups is 2. The molecule has 1 aliphatic rings. The Balaban J connectivity index is 1.55. The average Bonchev–Trinajstić information content (AvgIpc) is 2.94. The largest absolute Gasteiger partial charge is 0.477 e. The van der Waals surface area contributed by atoms with Crippen molar-refractivity contribution in [2.45, 2.75) is 39.8 Å². The number of nitrogens with one attached hydrogen (secondary N) is 1. The van der Waals surface area contributed by atoms with Crippen molar-refractivity contribution in [3.63, 3.8) is 0 Å². The smallest absolute Gasteiger partial charge is 0.262 e. The van der Waals surface area contributed by atoms with Crippen molar-refractivity contribution in [2.24, 2.45) is 0 Å². The minimum absolute atomic E-state index is 0.108. The molecule has 7 heteroatoms. The van der Waals surface area contributed by atoms with Crippen LogP contribution in [0, 0.1) is 13.8 Å². The highest BCUT2D eigenvalue weighted by atomic mass is 16.5. The van der Waals surface area contributed by atoms with Gasteiger partial charge in [-0.15, -0.1) is 0 Å². The number of anilines is 1. The molecule has 1 N–H and O–H groups in total. The Kier molecular flexibility index (Phi) is 5.25. The monoisotopic (exact) mass is 356 g/mol. The van der Waals surface area contributed by atoms with Crippen LogP contribution in [0.25, 0.3) is 0 Å². The fourth-order valence-corrected chi connectivity index (χ4v) is 3.12. The minimum atomic E-state index is -0.706. The summed E-state index contributed by atoms with van der Waals surface area (Å²) in [5, 5.41) is 7.30. The zero-order valence-corrected chi connectivity index (χ0v) is 15.4. The van der Waals surface area contributed by atoms with Crippen molar-refractivity contribution in [3.05, 3.63) is 41.7 Å². The van der Waals surface area contributed by atoms with Crippen molar-refractivity contribution in [1.29, 1.82) is 0 Å². The molecule has 0 fully saturated rings. The van der Waals surface area contributed by atoms with Gasteiger partial charge in [-0.2, -0.15) is 5.10 Å². The number of benzene rings is 1. The summed E-state index contributed by atoms with van der Waals surface area (Å²) >= 11 is 0. The molecule has 1 atom stereocenters. The number of para-hydroxylation sites is 2. The van der Waals surface area contributed by atoms with Crippen molar-refractivity contribution >= 4 is 17.5 Å². The first-order valence-electron chi connectivity index (χ1n) is 8.78. The lowest BCUT2D eigenvalue weighted by molar-refractivity contribution is -0.128. The van der Waals surface area contributed by atoms with Gasteiger partial charge in [-0.05, 0) is 38.5 Å². The van der Waals surface area contributed by atoms with Gasteiger partial charge in [0.15, 0.2) is 6.10 Å². The second-order valence-electron chi connectivity index (χ2n) is 6.50. The summed E-state index contributed by atoms with van der Waals surface area (Å²) in [5.74, 6) is 0.235. The van der Waals surface area contributed by atoms with Gasteiger partial charge in [0, 0.05) is 25.7 Å². The summed E-state index contributed by atoms with van der Waals surface area (Å²) in [7, 11) is 0. The fourth-order valence-electron chi connectivity index (χ4n) is 3.12. The van der Waals surface area contributed by atoms with Crippen LogP contribution in [0.5, 0.6) is 5.75 Å². The van der Waals surface area contributed by atoms with E-state index in [4.69, 9.17) is 4.74 Å². The average molecular weight is 356 g/mol. The lowest BCUT2D eigenvalue weighted by Gasteiger charge is -2.33. The van der Waals surface area contributed by atoms with Gasteiger partial charge in [0.2, 0.25) is 5.91 Å². The van der Waals surface area contributed by atoms with E-state index in [0.717, 1.165) is 24.4 Å². The summed E-state index contributed by atoms with van der Waals surface area (Å²) in [6.45, 7) is 6.96. The molecule has 0 aliphatic carbocycles. The van der Waals surface area contributed by atoms with Gasteiger partial charge in [0.25, 0.3) is 5.91 Å². The third-order valence-electron chi connectivity index (χ3n) is 4.40. The van der Waals surface area contributed by atoms with E-state index in [1.54, 1.807) is 11.0 Å². The number of aromatic nitrogens is 2. The number of hydrogen-bond acceptors (Lipinski definition) is 4. The maximum atomic E-state index is 12.5. The molecule has 1 unspecified atom stereocenters. The number of amides is 2. The van der Waals surface area contributed by atoms with E-state index in [1.165, 1.54) is 6.92 Å². The van der Waals surface area contributed by atoms with Gasteiger partial charge in [-0.3, -0.25) is 14.3 Å². The Bertz CT molecular complexity index is 815. The summed E-state index contributed by atoms with van der Waals surface area (Å²) in [6.07, 6.45) is 0.0652. The maximum absolute atomic E-state index is 12.5. The van der Waals surface area contributed by atoms with Crippen LogP contribution < -0.4 is 15.0 Å². The molecule has 2 heterocycles. The molecule has 138 valence electrons. The zero-order valence-electron chi connectivity index (χ0n) is 15.4. The van der Waals surface area contributed by atoms with Gasteiger partial charge in [0.1, 0.15) is 5.75 Å². The number of aryl methyl sites for hydroxylation is 3. The first-order valence-corrected chi connectivity index (χ1v) is 8.78. The van der Waals surface area contributed by atoms with Crippen LogP contribution in [-0.2, 0) is 16.1 Å². The molecule has 1 aromatic heterocycles. The summed E-state index contributed by atoms with van der Waals surface area (Å²) in [5.41, 5.74) is 2.80. The molecule has 1 aromatic carbocycles. The molecule has 2 aromatic rings. The van der Waals surface area contributed by atoms with Crippen LogP contribution in [-0.4, -0.2) is 40.8 Å². The summed E-state index contributed by atoms with van der Waals surface area (Å²) in [6, 6.07) is 9.29. The molecule has 7 nitrogen and oxygen atoms in total. The van der Waals surface area contributed by atoms with Gasteiger partial charge in [0.05, 0.1) is 17.9 Å². The van der Waals surface area contributed by atoms with E-state index in [2.05, 4.69) is 10.4 Å². The van der Waals surface area contributed by atoms with Crippen LogP contribution in [0.1, 0.15) is 24.7 Å². The van der Waals surface area contributed by atoms with Crippen LogP contribution in [0.3, 0.4) is 0 Å². The molecular weight excluding hydrogens is 332 g/mol. The fraction of sp³-hybridized carbons (Fsp3) is 0.421. The van der Waals surface area contributed by atoms with Crippen LogP contribution in [0.4, 0.5) is 5.69 Å². The van der Waals surface area contributed by atoms with E-state index in [1.807, 2.05) is 42.8 Å². The van der Waals surface area contributed by atoms with E-state index in [-0.39, 0.29) is 18.4 Å². The highest BCUT2D eigenvalue weighted by Crippen LogP contribution is 2.33. The van der Waals surface area contributed by atoms with Gasteiger partial charge >= 0.3 is 0 Å². The predicted octanol–water partition coefficient (Wildman–Crippen LogP) is 1.82. The van der Waals surface area contributed by atoms with Gasteiger partial charge in [-0.25, -0.2) is 0 Å². The van der Waals surface area contributed by atoms with E-state index in [0.29, 0.717) is 18.0 Å². The number of ether oxygens (including phenoxy) is 1. The Morgan fingerprint density at radius 3 is 2.77 bits per heavy atom. The SMILES string of the molecule is CC(=O)N1CC(C(=O)NCCCn2nc(C)cc2C)Oc2ccccc21. The van der Waals surface area contributed by atoms with Crippen LogP contribution in [0.15, 0.2) is 30.3 Å². The zero-order chi connectivity index (χ0) is 18.7. The molecule has 0 radical (unpaired) electrons. The van der Waals surface area contributed by atoms with E-state index in [9.17, 15) is 9.59 Å². The Hall–Kier alpha value is -2.83. The lowest BCUT2D eigenvalue weighted by Crippen LogP contribution is -2.50. The first kappa shape index (κ1) is 18.0. The topological polar surface area (TPSA) is 76.5 Å². The molecule has 0 bridgehead atoms. The predicted molar refractivity (Wildman–Crippen MR) is 98.2 cm³/mol. The van der Waals surface area contributed by atoms with E-state index < -0.39 is 6.10 Å². The molecule has 1 aliphatic heterocycles. The van der Waals surface area contributed by atoms with Crippen molar-refractivity contribution < 1.29 is 14.3 Å². The molecule has 26 heavy (non-hydrogen) atoms. The minimum Gasteiger partial charge on any atom is -0.477 e. The van der Waals surface area contributed by atoms with Crippen molar-refractivity contribution in [1.82, 2.24) is 15.1 Å². The summed E-state index contributed by atoms with van der Waals surface area (Å²) in [4.78, 5) is 26.0. The normalized spacial score (nSPS) is 16.0. The third kappa shape index (κ3) is 3.87. The Labute approximate surface area is 152 Å². The molecule has 3 rings (SSSR count). The third-order valence-corrected chi connectivity index (χ3v) is 4.40. The molecule has 0 spiro atoms. The van der Waals surface area contributed by atoms with E-state index >= 15 is 0 Å². The van der Waals surface area contributed by atoms with Gasteiger partial charge in [-0.1, -0.05) is 12.1 Å². The lowest BCUT2D eigenvalue weighted by atomic mass is 10.1. The quantitative estimate of drug-likeness (QED) is 0.829. The first-order chi connectivity index (χ1) is 12.5. The van der Waals surface area contributed by atoms with Crippen LogP contribution in [0.2, 0.25) is 0 Å². The van der Waals surface area contributed by atoms with Crippen molar-refractivity contribution in [3.8, 4) is 5.75 Å². The Morgan fingerprint density at radius 1 is 1.31 bits per heavy atom. The second-order valence-corrected chi connectivity index (χ2v) is 6.50. The molecular formula is C19H24N4O3. The molecule has 2 amide bonds. The molecule has 0 saturated heterocycles. The number of hydrogen-bond donors (Lipinski definition) is 1. The number of nitrogens with zero attached hydrogens (tertiary/aromatic N) is 3. The van der Waals surface area contributed by atoms with Crippen molar-refractivity contribution in [2.75, 3.05) is 18.0 Å². The van der Waals surface area contributed by atoms with Crippen LogP contribution >= 0.6 is 0 Å². The number of rotatable bonds is 5. The highest BCUT2D eigenvalue weighted by molar-refractivity contribution is 5.95. The standard InChI is InChI=1S/C19H24N4O3/c1-13-11-14(2)23(21-13)10-6-9-20-19(25)18-12-22(15(3)24)16-7-4-5-8-17(16)26-18/h4-5,7-8,11,18H,6,9-10,12H2,1-3H3,(H,20,25). The summed E-state index contributed by atoms with van der Waals surface area (Å²) < 4.78 is 7.73. The highest BCUT2D eigenvalue weighted by Gasteiger charge is 2.32. The Morgan fingerprint density at radius 2 is 2.08 bits per heavy atom. The maximum Gasteiger partial charge on any atom is 0.262 e. The second kappa shape index (κ2) is 7.59. The molecule has 0 saturated carbocycles.